The Morgan fingerprint density at radius 2 is 2.57 bits per heavy atom. The van der Waals surface area contributed by atoms with Crippen LogP contribution in [-0.2, 0) is 4.74 Å². The van der Waals surface area contributed by atoms with Crippen molar-refractivity contribution in [1.82, 2.24) is 0 Å². The number of hydrogen-bond donors (Lipinski definition) is 1. The summed E-state index contributed by atoms with van der Waals surface area (Å²) >= 11 is 0. The third-order valence-electron chi connectivity index (χ3n) is 1.40. The molecule has 42 valence electrons. The molecule has 0 aromatic rings. The maximum atomic E-state index is 6.76. The summed E-state index contributed by atoms with van der Waals surface area (Å²) < 4.78 is 24.9. The van der Waals surface area contributed by atoms with Gasteiger partial charge in [-0.05, 0) is 19.3 Å². The Morgan fingerprint density at radius 3 is 2.71 bits per heavy atom. The van der Waals surface area contributed by atoms with Crippen molar-refractivity contribution in [1.29, 1.82) is 0 Å². The summed E-state index contributed by atoms with van der Waals surface area (Å²) in [6, 6.07) is 0. The summed E-state index contributed by atoms with van der Waals surface area (Å²) in [6.07, 6.45) is 2.28. The van der Waals surface area contributed by atoms with Crippen LogP contribution in [0.5, 0.6) is 0 Å². The zero-order chi connectivity index (χ0) is 7.83. The van der Waals surface area contributed by atoms with Gasteiger partial charge in [-0.25, -0.2) is 0 Å². The van der Waals surface area contributed by atoms with E-state index in [1.807, 2.05) is 0 Å². The average Bonchev–Trinajstić information content (AvgIpc) is 1.57. The van der Waals surface area contributed by atoms with Gasteiger partial charge >= 0.3 is 0 Å². The summed E-state index contributed by atoms with van der Waals surface area (Å²) in [4.78, 5) is 0. The minimum atomic E-state index is -2.34. The maximum Gasteiger partial charge on any atom is 0.116 e. The molecule has 0 radical (unpaired) electrons. The van der Waals surface area contributed by atoms with Crippen molar-refractivity contribution < 1.29 is 8.85 Å². The first-order valence-electron chi connectivity index (χ1n) is 3.90. The SMILES string of the molecule is [2H]C([2H])([2H])OC1(N)CCC1. The number of hydrogen-bond acceptors (Lipinski definition) is 2. The third-order valence-corrected chi connectivity index (χ3v) is 1.40. The van der Waals surface area contributed by atoms with Gasteiger partial charge < -0.3 is 10.5 Å². The second kappa shape index (κ2) is 1.46. The molecule has 1 aliphatic rings. The highest BCUT2D eigenvalue weighted by molar-refractivity contribution is 4.82. The maximum absolute atomic E-state index is 6.76. The van der Waals surface area contributed by atoms with Gasteiger partial charge in [0.15, 0.2) is 0 Å². The van der Waals surface area contributed by atoms with E-state index in [4.69, 9.17) is 9.85 Å². The number of methoxy groups -OCH3 is 1. The van der Waals surface area contributed by atoms with Gasteiger partial charge in [-0.3, -0.25) is 0 Å². The molecular formula is C5H11NO. The molecular weight excluding hydrogens is 90.1 g/mol. The molecule has 0 aromatic carbocycles. The molecule has 2 heteroatoms. The lowest BCUT2D eigenvalue weighted by molar-refractivity contribution is -0.0662. The molecule has 1 saturated carbocycles. The zero-order valence-corrected chi connectivity index (χ0v) is 4.11. The molecule has 0 bridgehead atoms. The van der Waals surface area contributed by atoms with Gasteiger partial charge in [-0.1, -0.05) is 0 Å². The van der Waals surface area contributed by atoms with E-state index in [2.05, 4.69) is 4.74 Å². The second-order valence-corrected chi connectivity index (χ2v) is 2.02. The smallest absolute Gasteiger partial charge is 0.116 e. The van der Waals surface area contributed by atoms with E-state index in [9.17, 15) is 0 Å². The summed E-state index contributed by atoms with van der Waals surface area (Å²) in [5.41, 5.74) is 4.65. The number of ether oxygens (including phenoxy) is 1. The molecule has 0 spiro atoms. The predicted octanol–water partition coefficient (Wildman–Crippen LogP) is 0.472. The second-order valence-electron chi connectivity index (χ2n) is 2.02. The molecule has 0 heterocycles. The molecule has 0 saturated heterocycles. The van der Waals surface area contributed by atoms with Crippen LogP contribution in [0.25, 0.3) is 0 Å². The highest BCUT2D eigenvalue weighted by Gasteiger charge is 2.31. The van der Waals surface area contributed by atoms with E-state index in [1.54, 1.807) is 0 Å². The van der Waals surface area contributed by atoms with E-state index in [-0.39, 0.29) is 0 Å². The minimum Gasteiger partial charge on any atom is -0.364 e. The van der Waals surface area contributed by atoms with Gasteiger partial charge in [0.2, 0.25) is 0 Å². The molecule has 2 N–H and O–H groups in total. The predicted molar refractivity (Wildman–Crippen MR) is 27.8 cm³/mol. The molecule has 2 nitrogen and oxygen atoms in total. The van der Waals surface area contributed by atoms with Crippen LogP contribution in [-0.4, -0.2) is 12.8 Å². The largest absolute Gasteiger partial charge is 0.364 e. The fourth-order valence-electron chi connectivity index (χ4n) is 0.627. The minimum absolute atomic E-state index is 0.658. The topological polar surface area (TPSA) is 35.2 Å². The quantitative estimate of drug-likeness (QED) is 0.491. The van der Waals surface area contributed by atoms with Gasteiger partial charge in [0, 0.05) is 7.04 Å². The van der Waals surface area contributed by atoms with E-state index in [1.165, 1.54) is 0 Å². The fraction of sp³-hybridized carbons (Fsp3) is 1.00. The lowest BCUT2D eigenvalue weighted by atomic mass is 9.89. The number of nitrogens with two attached hydrogens (primary N) is 1. The van der Waals surface area contributed by atoms with E-state index >= 15 is 0 Å². The molecule has 0 atom stereocenters. The van der Waals surface area contributed by atoms with E-state index in [0.29, 0.717) is 12.8 Å². The Bertz CT molecular complexity index is 129. The van der Waals surface area contributed by atoms with Crippen molar-refractivity contribution >= 4 is 0 Å². The van der Waals surface area contributed by atoms with Crippen LogP contribution in [0, 0.1) is 0 Å². The first kappa shape index (κ1) is 2.46. The molecule has 1 rings (SSSR count). The molecule has 0 unspecified atom stereocenters. The van der Waals surface area contributed by atoms with Crippen molar-refractivity contribution in [2.75, 3.05) is 7.04 Å². The van der Waals surface area contributed by atoms with E-state index in [0.717, 1.165) is 6.42 Å². The van der Waals surface area contributed by atoms with Crippen LogP contribution in [0.15, 0.2) is 0 Å². The Labute approximate surface area is 47.9 Å². The standard InChI is InChI=1S/C5H11NO/c1-7-5(6)3-2-4-5/h2-4,6H2,1H3/i1D3. The summed E-state index contributed by atoms with van der Waals surface area (Å²) in [6.45, 7) is 0. The fourth-order valence-corrected chi connectivity index (χ4v) is 0.627. The van der Waals surface area contributed by atoms with Crippen LogP contribution in [0.2, 0.25) is 0 Å². The van der Waals surface area contributed by atoms with Gasteiger partial charge in [0.05, 0.1) is 4.11 Å². The molecule has 0 aliphatic heterocycles. The van der Waals surface area contributed by atoms with Crippen LogP contribution >= 0.6 is 0 Å². The van der Waals surface area contributed by atoms with E-state index < -0.39 is 12.8 Å². The Balaban J connectivity index is 2.37. The summed E-state index contributed by atoms with van der Waals surface area (Å²) in [7, 11) is -2.34. The first-order chi connectivity index (χ1) is 4.41. The highest BCUT2D eigenvalue weighted by atomic mass is 16.5. The third kappa shape index (κ3) is 0.763. The Morgan fingerprint density at radius 1 is 1.86 bits per heavy atom. The van der Waals surface area contributed by atoms with Gasteiger partial charge in [-0.15, -0.1) is 0 Å². The lowest BCUT2D eigenvalue weighted by Gasteiger charge is -2.36. The first-order valence-corrected chi connectivity index (χ1v) is 2.40. The van der Waals surface area contributed by atoms with Crippen molar-refractivity contribution in [2.45, 2.75) is 25.0 Å². The highest BCUT2D eigenvalue weighted by Crippen LogP contribution is 2.28. The molecule has 0 aromatic heterocycles. The van der Waals surface area contributed by atoms with Crippen LogP contribution < -0.4 is 5.73 Å². The average molecular weight is 104 g/mol. The van der Waals surface area contributed by atoms with Crippen molar-refractivity contribution in [2.24, 2.45) is 5.73 Å². The molecule has 1 aliphatic carbocycles. The van der Waals surface area contributed by atoms with Crippen molar-refractivity contribution in [3.8, 4) is 0 Å². The number of rotatable bonds is 1. The van der Waals surface area contributed by atoms with Crippen molar-refractivity contribution in [3.63, 3.8) is 0 Å². The molecule has 0 amide bonds. The van der Waals surface area contributed by atoms with Gasteiger partial charge in [0.1, 0.15) is 5.72 Å². The molecule has 7 heavy (non-hydrogen) atoms. The summed E-state index contributed by atoms with van der Waals surface area (Å²) in [5, 5.41) is 0. The lowest BCUT2D eigenvalue weighted by Crippen LogP contribution is -2.47. The van der Waals surface area contributed by atoms with Crippen LogP contribution in [0.3, 0.4) is 0 Å². The summed E-state index contributed by atoms with van der Waals surface area (Å²) in [5.74, 6) is 0. The Hall–Kier alpha value is -0.0800. The van der Waals surface area contributed by atoms with Gasteiger partial charge in [-0.2, -0.15) is 0 Å². The van der Waals surface area contributed by atoms with Gasteiger partial charge in [0.25, 0.3) is 0 Å². The van der Waals surface area contributed by atoms with Crippen LogP contribution in [0.1, 0.15) is 23.4 Å². The van der Waals surface area contributed by atoms with Crippen molar-refractivity contribution in [3.05, 3.63) is 0 Å². The Kier molecular flexibility index (Phi) is 0.513. The zero-order valence-electron chi connectivity index (χ0n) is 7.11. The molecule has 1 fully saturated rings. The van der Waals surface area contributed by atoms with Crippen LogP contribution in [0.4, 0.5) is 0 Å². The normalized spacial score (nSPS) is 34.7. The monoisotopic (exact) mass is 104 g/mol.